The molecule has 0 N–H and O–H groups in total. The third kappa shape index (κ3) is 2.62. The Morgan fingerprint density at radius 3 is 2.69 bits per heavy atom. The first-order valence-electron chi connectivity index (χ1n) is 4.25. The molecule has 0 saturated heterocycles. The fraction of sp³-hybridized carbons (Fsp3) is 0.400. The van der Waals surface area contributed by atoms with Gasteiger partial charge in [-0.1, -0.05) is 6.07 Å². The minimum absolute atomic E-state index is 0.0465. The van der Waals surface area contributed by atoms with Gasteiger partial charge in [0.25, 0.3) is 0 Å². The van der Waals surface area contributed by atoms with E-state index in [1.165, 1.54) is 6.07 Å². The Balaban J connectivity index is 2.92. The molecule has 1 atom stereocenters. The number of thiol groups is 1. The molecule has 1 aromatic carbocycles. The van der Waals surface area contributed by atoms with Gasteiger partial charge in [-0.3, -0.25) is 0 Å². The average molecular weight is 200 g/mol. The third-order valence-corrected chi connectivity index (χ3v) is 2.04. The van der Waals surface area contributed by atoms with Crippen LogP contribution in [0.25, 0.3) is 0 Å². The summed E-state index contributed by atoms with van der Waals surface area (Å²) in [5.74, 6) is -0.0134. The molecule has 0 aliphatic rings. The van der Waals surface area contributed by atoms with Crippen molar-refractivity contribution in [3.05, 3.63) is 29.6 Å². The maximum absolute atomic E-state index is 13.2. The van der Waals surface area contributed by atoms with Crippen LogP contribution >= 0.6 is 12.6 Å². The van der Waals surface area contributed by atoms with Gasteiger partial charge in [0, 0.05) is 5.25 Å². The molecular formula is C10H13FOS. The van der Waals surface area contributed by atoms with E-state index in [1.54, 1.807) is 6.07 Å². The summed E-state index contributed by atoms with van der Waals surface area (Å²) in [6.07, 6.45) is 0. The van der Waals surface area contributed by atoms with E-state index in [0.29, 0.717) is 12.4 Å². The van der Waals surface area contributed by atoms with Gasteiger partial charge >= 0.3 is 0 Å². The molecule has 0 aliphatic carbocycles. The lowest BCUT2D eigenvalue weighted by molar-refractivity contribution is 0.321. The van der Waals surface area contributed by atoms with Gasteiger partial charge in [0.15, 0.2) is 11.6 Å². The lowest BCUT2D eigenvalue weighted by Gasteiger charge is -2.08. The van der Waals surface area contributed by atoms with E-state index in [1.807, 2.05) is 19.9 Å². The van der Waals surface area contributed by atoms with Gasteiger partial charge in [0.2, 0.25) is 0 Å². The summed E-state index contributed by atoms with van der Waals surface area (Å²) < 4.78 is 18.3. The molecule has 1 unspecified atom stereocenters. The molecule has 1 aromatic rings. The van der Waals surface area contributed by atoms with Crippen LogP contribution < -0.4 is 4.74 Å². The highest BCUT2D eigenvalue weighted by molar-refractivity contribution is 7.80. The van der Waals surface area contributed by atoms with E-state index in [9.17, 15) is 4.39 Å². The van der Waals surface area contributed by atoms with Crippen LogP contribution in [0.5, 0.6) is 5.75 Å². The summed E-state index contributed by atoms with van der Waals surface area (Å²) >= 11 is 4.21. The lowest BCUT2D eigenvalue weighted by atomic mass is 10.1. The van der Waals surface area contributed by atoms with Crippen molar-refractivity contribution in [2.45, 2.75) is 19.1 Å². The summed E-state index contributed by atoms with van der Waals surface area (Å²) in [6, 6.07) is 4.93. The summed E-state index contributed by atoms with van der Waals surface area (Å²) in [7, 11) is 0. The van der Waals surface area contributed by atoms with E-state index in [-0.39, 0.29) is 11.1 Å². The largest absolute Gasteiger partial charge is 0.491 e. The number of halogens is 1. The second-order valence-electron chi connectivity index (χ2n) is 2.80. The fourth-order valence-corrected chi connectivity index (χ4v) is 1.21. The molecule has 1 rings (SSSR count). The number of hydrogen-bond donors (Lipinski definition) is 1. The molecule has 0 bridgehead atoms. The molecule has 0 fully saturated rings. The van der Waals surface area contributed by atoms with Gasteiger partial charge in [0.1, 0.15) is 0 Å². The van der Waals surface area contributed by atoms with Gasteiger partial charge < -0.3 is 4.74 Å². The van der Waals surface area contributed by atoms with Crippen LogP contribution in [-0.4, -0.2) is 6.61 Å². The van der Waals surface area contributed by atoms with Gasteiger partial charge in [-0.05, 0) is 31.5 Å². The van der Waals surface area contributed by atoms with E-state index in [2.05, 4.69) is 12.6 Å². The maximum atomic E-state index is 13.2. The Hall–Kier alpha value is -0.700. The molecule has 0 radical (unpaired) electrons. The van der Waals surface area contributed by atoms with Crippen molar-refractivity contribution in [3.8, 4) is 5.75 Å². The summed E-state index contributed by atoms with van der Waals surface area (Å²) in [5.41, 5.74) is 0.865. The van der Waals surface area contributed by atoms with E-state index >= 15 is 0 Å². The van der Waals surface area contributed by atoms with Crippen molar-refractivity contribution in [1.29, 1.82) is 0 Å². The molecule has 0 spiro atoms. The molecule has 3 heteroatoms. The highest BCUT2D eigenvalue weighted by Crippen LogP contribution is 2.24. The Morgan fingerprint density at radius 2 is 2.23 bits per heavy atom. The van der Waals surface area contributed by atoms with Crippen LogP contribution in [0.3, 0.4) is 0 Å². The predicted molar refractivity (Wildman–Crippen MR) is 55.0 cm³/mol. The molecule has 0 saturated carbocycles. The maximum Gasteiger partial charge on any atom is 0.165 e. The first kappa shape index (κ1) is 10.4. The van der Waals surface area contributed by atoms with Gasteiger partial charge in [-0.2, -0.15) is 12.6 Å². The van der Waals surface area contributed by atoms with Crippen molar-refractivity contribution < 1.29 is 9.13 Å². The minimum Gasteiger partial charge on any atom is -0.491 e. The number of benzene rings is 1. The monoisotopic (exact) mass is 200 g/mol. The van der Waals surface area contributed by atoms with Crippen LogP contribution in [0, 0.1) is 5.82 Å². The summed E-state index contributed by atoms with van der Waals surface area (Å²) in [6.45, 7) is 4.21. The highest BCUT2D eigenvalue weighted by atomic mass is 32.1. The Morgan fingerprint density at radius 1 is 1.54 bits per heavy atom. The van der Waals surface area contributed by atoms with Gasteiger partial charge in [-0.15, -0.1) is 0 Å². The molecule has 0 aromatic heterocycles. The molecule has 1 nitrogen and oxygen atoms in total. The smallest absolute Gasteiger partial charge is 0.165 e. The SMILES string of the molecule is CCOc1ccc(C(C)S)cc1F. The fourth-order valence-electron chi connectivity index (χ4n) is 1.05. The highest BCUT2D eigenvalue weighted by Gasteiger charge is 2.06. The van der Waals surface area contributed by atoms with Crippen molar-refractivity contribution in [2.24, 2.45) is 0 Å². The van der Waals surface area contributed by atoms with E-state index in [4.69, 9.17) is 4.74 Å². The van der Waals surface area contributed by atoms with Crippen LogP contribution in [-0.2, 0) is 0 Å². The van der Waals surface area contributed by atoms with E-state index in [0.717, 1.165) is 5.56 Å². The second kappa shape index (κ2) is 4.51. The molecule has 72 valence electrons. The standard InChI is InChI=1S/C10H13FOS/c1-3-12-10-5-4-8(7(2)13)6-9(10)11/h4-7,13H,3H2,1-2H3. The zero-order valence-corrected chi connectivity index (χ0v) is 8.64. The van der Waals surface area contributed by atoms with Crippen molar-refractivity contribution in [2.75, 3.05) is 6.61 Å². The number of hydrogen-bond acceptors (Lipinski definition) is 2. The van der Waals surface area contributed by atoms with Crippen LogP contribution in [0.4, 0.5) is 4.39 Å². The van der Waals surface area contributed by atoms with Gasteiger partial charge in [0.05, 0.1) is 6.61 Å². The lowest BCUT2D eigenvalue weighted by Crippen LogP contribution is -1.95. The number of rotatable bonds is 3. The molecule has 0 aliphatic heterocycles. The Labute approximate surface area is 83.3 Å². The average Bonchev–Trinajstić information content (AvgIpc) is 2.08. The molecule has 0 amide bonds. The van der Waals surface area contributed by atoms with Crippen molar-refractivity contribution >= 4 is 12.6 Å². The van der Waals surface area contributed by atoms with Crippen LogP contribution in [0.2, 0.25) is 0 Å². The van der Waals surface area contributed by atoms with Crippen LogP contribution in [0.1, 0.15) is 24.7 Å². The summed E-state index contributed by atoms with van der Waals surface area (Å²) in [4.78, 5) is 0. The zero-order valence-electron chi connectivity index (χ0n) is 7.75. The normalized spacial score (nSPS) is 12.6. The number of ether oxygens (including phenoxy) is 1. The zero-order chi connectivity index (χ0) is 9.84. The minimum atomic E-state index is -0.319. The van der Waals surface area contributed by atoms with Crippen molar-refractivity contribution in [3.63, 3.8) is 0 Å². The van der Waals surface area contributed by atoms with E-state index < -0.39 is 0 Å². The second-order valence-corrected chi connectivity index (χ2v) is 3.57. The molecule has 13 heavy (non-hydrogen) atoms. The Kier molecular flexibility index (Phi) is 3.60. The van der Waals surface area contributed by atoms with Crippen LogP contribution in [0.15, 0.2) is 18.2 Å². The first-order chi connectivity index (χ1) is 6.15. The summed E-state index contributed by atoms with van der Waals surface area (Å²) in [5, 5.41) is 0.0465. The van der Waals surface area contributed by atoms with Gasteiger partial charge in [-0.25, -0.2) is 4.39 Å². The molecule has 0 heterocycles. The quantitative estimate of drug-likeness (QED) is 0.737. The van der Waals surface area contributed by atoms with Crippen molar-refractivity contribution in [1.82, 2.24) is 0 Å². The predicted octanol–water partition coefficient (Wildman–Crippen LogP) is 3.22. The Bertz CT molecular complexity index is 286. The third-order valence-electron chi connectivity index (χ3n) is 1.74. The first-order valence-corrected chi connectivity index (χ1v) is 4.77. The molecular weight excluding hydrogens is 187 g/mol. The topological polar surface area (TPSA) is 9.23 Å².